The zero-order chi connectivity index (χ0) is 33.0. The van der Waals surface area contributed by atoms with Gasteiger partial charge in [-0.2, -0.15) is 0 Å². The van der Waals surface area contributed by atoms with Crippen molar-refractivity contribution in [2.75, 3.05) is 6.54 Å². The lowest BCUT2D eigenvalue weighted by molar-refractivity contribution is 0.670. The first-order chi connectivity index (χ1) is 24.2. The number of aliphatic imine (C=N–C) groups is 2. The van der Waals surface area contributed by atoms with Crippen molar-refractivity contribution in [3.63, 3.8) is 0 Å². The van der Waals surface area contributed by atoms with E-state index >= 15 is 0 Å². The second-order valence-corrected chi connectivity index (χ2v) is 12.7. The van der Waals surface area contributed by atoms with Crippen molar-refractivity contribution in [3.05, 3.63) is 174 Å². The van der Waals surface area contributed by atoms with Gasteiger partial charge in [-0.3, -0.25) is 9.98 Å². The van der Waals surface area contributed by atoms with E-state index in [0.717, 1.165) is 86.1 Å². The van der Waals surface area contributed by atoms with Gasteiger partial charge in [0.25, 0.3) is 0 Å². The van der Waals surface area contributed by atoms with Crippen LogP contribution in [-0.2, 0) is 0 Å². The van der Waals surface area contributed by atoms with Crippen LogP contribution in [0.2, 0.25) is 0 Å². The summed E-state index contributed by atoms with van der Waals surface area (Å²) < 4.78 is 6.61. The molecule has 0 spiro atoms. The highest BCUT2D eigenvalue weighted by Gasteiger charge is 2.17. The molecular weight excluding hydrogens is 599 g/mol. The van der Waals surface area contributed by atoms with Crippen molar-refractivity contribution in [2.45, 2.75) is 32.1 Å². The maximum atomic E-state index is 6.61. The maximum Gasteiger partial charge on any atom is 0.155 e. The highest BCUT2D eigenvalue weighted by Crippen LogP contribution is 2.38. The molecule has 8 rings (SSSR count). The average molecular weight is 636 g/mol. The molecule has 2 heterocycles. The van der Waals surface area contributed by atoms with Crippen molar-refractivity contribution in [1.82, 2.24) is 4.98 Å². The Morgan fingerprint density at radius 1 is 0.816 bits per heavy atom. The molecule has 0 bridgehead atoms. The van der Waals surface area contributed by atoms with Crippen molar-refractivity contribution in [3.8, 4) is 22.3 Å². The number of fused-ring (bicyclic) bond motifs is 3. The standard InChI is InChI=1S/C45H37N3O/c1-31(48-45(47-29-32-11-4-2-5-12-32)37-26-22-34(23-27-37)33-13-6-3-7-14-33)39-16-9-19-42-43(39)41-18-8-17-40(44(41)49-42)36-24-20-35(21-25-36)38-15-10-28-46-30-38/h2-4,6-11,13,15-28,30,33H,5,12,14,29H2,1H3. The van der Waals surface area contributed by atoms with Crippen molar-refractivity contribution >= 4 is 33.5 Å². The molecular formula is C45H37N3O. The van der Waals surface area contributed by atoms with E-state index in [0.29, 0.717) is 12.5 Å². The summed E-state index contributed by atoms with van der Waals surface area (Å²) in [5.74, 6) is 1.15. The van der Waals surface area contributed by atoms with Crippen LogP contribution in [0.3, 0.4) is 0 Å². The Balaban J connectivity index is 1.17. The predicted molar refractivity (Wildman–Crippen MR) is 205 cm³/mol. The van der Waals surface area contributed by atoms with Gasteiger partial charge in [-0.25, -0.2) is 4.99 Å². The number of pyridine rings is 1. The highest BCUT2D eigenvalue weighted by molar-refractivity contribution is 6.22. The SMILES string of the molecule is CC(=NC(=NCC1=CC=CCC1)c1ccc(C2C=CC=CC2)cc1)c1cccc2oc3c(-c4ccc(-c5cccnc5)cc4)cccc3c12. The molecule has 0 saturated heterocycles. The molecule has 0 N–H and O–H groups in total. The third kappa shape index (κ3) is 6.38. The molecule has 4 aromatic carbocycles. The summed E-state index contributed by atoms with van der Waals surface area (Å²) >= 11 is 0. The minimum absolute atomic E-state index is 0.403. The lowest BCUT2D eigenvalue weighted by Gasteiger charge is -2.14. The molecule has 0 fully saturated rings. The van der Waals surface area contributed by atoms with E-state index in [4.69, 9.17) is 14.4 Å². The van der Waals surface area contributed by atoms with Crippen LogP contribution in [0.4, 0.5) is 0 Å². The first-order valence-electron chi connectivity index (χ1n) is 17.0. The third-order valence-electron chi connectivity index (χ3n) is 9.49. The first-order valence-corrected chi connectivity index (χ1v) is 17.0. The van der Waals surface area contributed by atoms with Gasteiger partial charge >= 0.3 is 0 Å². The summed E-state index contributed by atoms with van der Waals surface area (Å²) in [4.78, 5) is 14.6. The fourth-order valence-electron chi connectivity index (χ4n) is 6.83. The van der Waals surface area contributed by atoms with Crippen LogP contribution in [0.25, 0.3) is 44.2 Å². The van der Waals surface area contributed by atoms with Gasteiger partial charge < -0.3 is 4.42 Å². The Hall–Kier alpha value is -5.87. The molecule has 6 aromatic rings. The van der Waals surface area contributed by atoms with Crippen LogP contribution in [0.5, 0.6) is 0 Å². The minimum Gasteiger partial charge on any atom is -0.455 e. The molecule has 2 aromatic heterocycles. The Morgan fingerprint density at radius 3 is 2.45 bits per heavy atom. The van der Waals surface area contributed by atoms with Crippen LogP contribution in [0.1, 0.15) is 48.8 Å². The zero-order valence-electron chi connectivity index (χ0n) is 27.6. The number of furan rings is 1. The second kappa shape index (κ2) is 13.7. The Bertz CT molecular complexity index is 2320. The third-order valence-corrected chi connectivity index (χ3v) is 9.49. The highest BCUT2D eigenvalue weighted by atomic mass is 16.3. The van der Waals surface area contributed by atoms with Gasteiger partial charge in [-0.1, -0.05) is 127 Å². The van der Waals surface area contributed by atoms with Gasteiger partial charge in [-0.05, 0) is 66.1 Å². The Labute approximate surface area is 287 Å². The van der Waals surface area contributed by atoms with Gasteiger partial charge in [0.2, 0.25) is 0 Å². The normalized spacial score (nSPS) is 16.4. The van der Waals surface area contributed by atoms with Gasteiger partial charge in [0.05, 0.1) is 6.54 Å². The molecule has 2 aliphatic carbocycles. The molecule has 1 unspecified atom stereocenters. The fraction of sp³-hybridized carbons (Fsp3) is 0.133. The quantitative estimate of drug-likeness (QED) is 0.129. The number of hydrogen-bond acceptors (Lipinski definition) is 3. The molecule has 1 atom stereocenters. The summed E-state index contributed by atoms with van der Waals surface area (Å²) in [5, 5.41) is 2.14. The monoisotopic (exact) mass is 635 g/mol. The van der Waals surface area contributed by atoms with E-state index in [1.807, 2.05) is 18.3 Å². The van der Waals surface area contributed by atoms with Crippen molar-refractivity contribution in [2.24, 2.45) is 9.98 Å². The Morgan fingerprint density at radius 2 is 1.67 bits per heavy atom. The minimum atomic E-state index is 0.403. The van der Waals surface area contributed by atoms with E-state index in [9.17, 15) is 0 Å². The number of benzene rings is 4. The number of aromatic nitrogens is 1. The maximum absolute atomic E-state index is 6.61. The van der Waals surface area contributed by atoms with Gasteiger partial charge in [0.15, 0.2) is 5.84 Å². The molecule has 0 radical (unpaired) electrons. The van der Waals surface area contributed by atoms with E-state index in [-0.39, 0.29) is 0 Å². The fourth-order valence-corrected chi connectivity index (χ4v) is 6.83. The first kappa shape index (κ1) is 30.5. The number of nitrogens with zero attached hydrogens (tertiary/aromatic N) is 3. The average Bonchev–Trinajstić information content (AvgIpc) is 3.57. The van der Waals surface area contributed by atoms with Gasteiger partial charge in [-0.15, -0.1) is 0 Å². The molecule has 0 amide bonds. The molecule has 4 heteroatoms. The van der Waals surface area contributed by atoms with Crippen LogP contribution in [0, 0.1) is 0 Å². The van der Waals surface area contributed by atoms with Crippen LogP contribution < -0.4 is 0 Å². The number of para-hydroxylation sites is 1. The van der Waals surface area contributed by atoms with E-state index in [1.165, 1.54) is 11.1 Å². The largest absolute Gasteiger partial charge is 0.455 e. The zero-order valence-corrected chi connectivity index (χ0v) is 27.6. The smallest absolute Gasteiger partial charge is 0.155 e. The van der Waals surface area contributed by atoms with E-state index in [1.54, 1.807) is 6.20 Å². The lowest BCUT2D eigenvalue weighted by Crippen LogP contribution is -2.07. The topological polar surface area (TPSA) is 50.8 Å². The summed E-state index contributed by atoms with van der Waals surface area (Å²) in [6, 6.07) is 34.1. The van der Waals surface area contributed by atoms with E-state index < -0.39 is 0 Å². The molecule has 238 valence electrons. The molecule has 2 aliphatic rings. The molecule has 0 aliphatic heterocycles. The second-order valence-electron chi connectivity index (χ2n) is 12.7. The van der Waals surface area contributed by atoms with Crippen LogP contribution in [-0.4, -0.2) is 23.1 Å². The number of hydrogen-bond donors (Lipinski definition) is 0. The summed E-state index contributed by atoms with van der Waals surface area (Å²) in [5.41, 5.74) is 11.7. The van der Waals surface area contributed by atoms with E-state index in [2.05, 4.69) is 139 Å². The van der Waals surface area contributed by atoms with Gasteiger partial charge in [0, 0.05) is 51.5 Å². The number of amidine groups is 1. The number of rotatable bonds is 7. The molecule has 4 nitrogen and oxygen atoms in total. The Kier molecular flexibility index (Phi) is 8.52. The van der Waals surface area contributed by atoms with Crippen molar-refractivity contribution in [1.29, 1.82) is 0 Å². The van der Waals surface area contributed by atoms with Crippen LogP contribution in [0.15, 0.2) is 172 Å². The van der Waals surface area contributed by atoms with Gasteiger partial charge in [0.1, 0.15) is 11.2 Å². The summed E-state index contributed by atoms with van der Waals surface area (Å²) in [6.07, 6.45) is 22.1. The summed E-state index contributed by atoms with van der Waals surface area (Å²) in [6.45, 7) is 2.72. The summed E-state index contributed by atoms with van der Waals surface area (Å²) in [7, 11) is 0. The number of allylic oxidation sites excluding steroid dienone is 7. The van der Waals surface area contributed by atoms with Crippen molar-refractivity contribution < 1.29 is 4.42 Å². The lowest BCUT2D eigenvalue weighted by atomic mass is 9.92. The molecule has 49 heavy (non-hydrogen) atoms. The molecule has 0 saturated carbocycles. The predicted octanol–water partition coefficient (Wildman–Crippen LogP) is 11.4. The van der Waals surface area contributed by atoms with Crippen LogP contribution >= 0.6 is 0 Å².